The molecule has 0 amide bonds. The van der Waals surface area contributed by atoms with Crippen LogP contribution in [0.4, 0.5) is 11.4 Å². The molecule has 214 valence electrons. The van der Waals surface area contributed by atoms with E-state index in [0.717, 1.165) is 34.6 Å². The molecule has 1 unspecified atom stereocenters. The summed E-state index contributed by atoms with van der Waals surface area (Å²) < 4.78 is 0. The molecule has 0 aromatic heterocycles. The van der Waals surface area contributed by atoms with Crippen LogP contribution in [0.15, 0.2) is 72.5 Å². The second-order valence-electron chi connectivity index (χ2n) is 14.4. The first-order valence-electron chi connectivity index (χ1n) is 14.4. The minimum atomic E-state index is -0.136. The molecule has 0 aliphatic rings. The summed E-state index contributed by atoms with van der Waals surface area (Å²) in [5.74, 6) is 1.06. The molecule has 0 aliphatic carbocycles. The summed E-state index contributed by atoms with van der Waals surface area (Å²) in [6.07, 6.45) is 8.73. The number of allylic oxidation sites excluding steroid dienone is 4. The number of nitrogens with one attached hydrogen (secondary N) is 2. The van der Waals surface area contributed by atoms with Gasteiger partial charge < -0.3 is 15.7 Å². The van der Waals surface area contributed by atoms with Gasteiger partial charge in [0.25, 0.3) is 0 Å². The van der Waals surface area contributed by atoms with E-state index in [0.29, 0.717) is 23.6 Å². The topological polar surface area (TPSA) is 44.3 Å². The number of rotatable bonds is 10. The zero-order valence-corrected chi connectivity index (χ0v) is 26.5. The van der Waals surface area contributed by atoms with Crippen molar-refractivity contribution in [2.45, 2.75) is 106 Å². The van der Waals surface area contributed by atoms with E-state index in [-0.39, 0.29) is 10.8 Å². The van der Waals surface area contributed by atoms with Gasteiger partial charge in [-0.15, -0.1) is 0 Å². The number of phenols is 1. The average Bonchev–Trinajstić information content (AvgIpc) is 2.79. The van der Waals surface area contributed by atoms with Gasteiger partial charge in [0, 0.05) is 23.6 Å². The van der Waals surface area contributed by atoms with Crippen molar-refractivity contribution in [3.05, 3.63) is 89.2 Å². The molecule has 0 radical (unpaired) electrons. The number of aromatic hydroxyl groups is 1. The Hall–Kier alpha value is -2.94. The second-order valence-corrected chi connectivity index (χ2v) is 14.4. The Kier molecular flexibility index (Phi) is 10.7. The summed E-state index contributed by atoms with van der Waals surface area (Å²) in [4.78, 5) is 0. The molecule has 0 saturated carbocycles. The van der Waals surface area contributed by atoms with Crippen LogP contribution in [0.1, 0.15) is 106 Å². The molecule has 0 spiro atoms. The normalized spacial score (nSPS) is 14.0. The van der Waals surface area contributed by atoms with Crippen LogP contribution in [-0.2, 0) is 17.4 Å². The van der Waals surface area contributed by atoms with Gasteiger partial charge in [0.2, 0.25) is 0 Å². The van der Waals surface area contributed by atoms with Crippen LogP contribution in [0.3, 0.4) is 0 Å². The van der Waals surface area contributed by atoms with Gasteiger partial charge in [0.1, 0.15) is 5.75 Å². The third-order valence-electron chi connectivity index (χ3n) is 6.89. The fraction of sp³-hybridized carbons (Fsp3) is 0.500. The fourth-order valence-corrected chi connectivity index (χ4v) is 5.05. The van der Waals surface area contributed by atoms with E-state index in [9.17, 15) is 5.11 Å². The molecule has 0 bridgehead atoms. The highest BCUT2D eigenvalue weighted by molar-refractivity contribution is 5.57. The van der Waals surface area contributed by atoms with Gasteiger partial charge in [-0.3, -0.25) is 0 Å². The minimum Gasteiger partial charge on any atom is -0.507 e. The van der Waals surface area contributed by atoms with Crippen LogP contribution in [0.5, 0.6) is 5.75 Å². The molecule has 0 heterocycles. The van der Waals surface area contributed by atoms with Gasteiger partial charge in [-0.1, -0.05) is 93.5 Å². The average molecular weight is 531 g/mol. The lowest BCUT2D eigenvalue weighted by atomic mass is 9.78. The maximum atomic E-state index is 11.0. The van der Waals surface area contributed by atoms with E-state index in [1.54, 1.807) is 0 Å². The maximum absolute atomic E-state index is 11.0. The first kappa shape index (κ1) is 32.3. The SMILES string of the molecule is C=C(/C=C\C(=C/C)CC(C)CC(C)(C)C)Nc1ccc(NCc2cc(C(C)(C)C)c(O)c(C(C)(C)C)c2)cc1. The molecule has 0 fully saturated rings. The molecule has 2 rings (SSSR count). The van der Waals surface area contributed by atoms with Crippen LogP contribution in [0, 0.1) is 11.3 Å². The predicted octanol–water partition coefficient (Wildman–Crippen LogP) is 10.5. The lowest BCUT2D eigenvalue weighted by Gasteiger charge is -2.28. The zero-order valence-electron chi connectivity index (χ0n) is 26.5. The molecule has 0 aliphatic heterocycles. The fourth-order valence-electron chi connectivity index (χ4n) is 5.05. The first-order valence-corrected chi connectivity index (χ1v) is 14.4. The predicted molar refractivity (Wildman–Crippen MR) is 173 cm³/mol. The molecule has 39 heavy (non-hydrogen) atoms. The van der Waals surface area contributed by atoms with Crippen molar-refractivity contribution >= 4 is 11.4 Å². The molecule has 2 aromatic rings. The van der Waals surface area contributed by atoms with Crippen LogP contribution in [-0.4, -0.2) is 5.11 Å². The van der Waals surface area contributed by atoms with Gasteiger partial charge >= 0.3 is 0 Å². The number of hydrogen-bond acceptors (Lipinski definition) is 3. The van der Waals surface area contributed by atoms with E-state index >= 15 is 0 Å². The van der Waals surface area contributed by atoms with E-state index in [1.807, 2.05) is 0 Å². The standard InChI is InChI=1S/C36H54N2O/c1-13-27(20-25(2)23-34(4,5)6)15-14-26(3)38-30-18-16-29(17-19-30)37-24-28-21-31(35(7,8)9)33(39)32(22-28)36(10,11)12/h13-19,21-22,25,37-39H,3,20,23-24H2,1-2,4-12H3/b15-14-,27-13+. The van der Waals surface area contributed by atoms with Crippen molar-refractivity contribution in [3.63, 3.8) is 0 Å². The van der Waals surface area contributed by atoms with Gasteiger partial charge in [-0.05, 0) is 101 Å². The Morgan fingerprint density at radius 2 is 1.38 bits per heavy atom. The third-order valence-corrected chi connectivity index (χ3v) is 6.89. The van der Waals surface area contributed by atoms with E-state index < -0.39 is 0 Å². The van der Waals surface area contributed by atoms with Crippen molar-refractivity contribution in [1.82, 2.24) is 0 Å². The molecule has 3 N–H and O–H groups in total. The zero-order chi connectivity index (χ0) is 29.6. The summed E-state index contributed by atoms with van der Waals surface area (Å²) in [7, 11) is 0. The summed E-state index contributed by atoms with van der Waals surface area (Å²) >= 11 is 0. The molecule has 3 heteroatoms. The number of anilines is 2. The molecular formula is C36H54N2O. The monoisotopic (exact) mass is 530 g/mol. The largest absolute Gasteiger partial charge is 0.507 e. The Labute approximate surface area is 239 Å². The summed E-state index contributed by atoms with van der Waals surface area (Å²) in [6, 6.07) is 12.6. The van der Waals surface area contributed by atoms with E-state index in [4.69, 9.17) is 0 Å². The smallest absolute Gasteiger partial charge is 0.123 e. The van der Waals surface area contributed by atoms with Gasteiger partial charge in [0.05, 0.1) is 0 Å². The minimum absolute atomic E-state index is 0.136. The number of hydrogen-bond donors (Lipinski definition) is 3. The van der Waals surface area contributed by atoms with Crippen molar-refractivity contribution in [2.24, 2.45) is 11.3 Å². The van der Waals surface area contributed by atoms with Gasteiger partial charge in [-0.25, -0.2) is 0 Å². The molecule has 3 nitrogen and oxygen atoms in total. The highest BCUT2D eigenvalue weighted by atomic mass is 16.3. The number of phenolic OH excluding ortho intramolecular Hbond substituents is 1. The van der Waals surface area contributed by atoms with Crippen molar-refractivity contribution in [1.29, 1.82) is 0 Å². The van der Waals surface area contributed by atoms with Crippen LogP contribution < -0.4 is 10.6 Å². The maximum Gasteiger partial charge on any atom is 0.123 e. The molecule has 0 saturated heterocycles. The lowest BCUT2D eigenvalue weighted by Crippen LogP contribution is -2.18. The third kappa shape index (κ3) is 10.6. The first-order chi connectivity index (χ1) is 17.9. The molecule has 2 aromatic carbocycles. The van der Waals surface area contributed by atoms with Crippen molar-refractivity contribution < 1.29 is 5.11 Å². The lowest BCUT2D eigenvalue weighted by molar-refractivity contribution is 0.306. The summed E-state index contributed by atoms with van der Waals surface area (Å²) in [5, 5.41) is 17.9. The quantitative estimate of drug-likeness (QED) is 0.268. The Morgan fingerprint density at radius 3 is 1.85 bits per heavy atom. The molecular weight excluding hydrogens is 476 g/mol. The second kappa shape index (κ2) is 12.9. The van der Waals surface area contributed by atoms with Crippen LogP contribution in [0.2, 0.25) is 0 Å². The highest BCUT2D eigenvalue weighted by Gasteiger charge is 2.26. The van der Waals surface area contributed by atoms with E-state index in [2.05, 4.69) is 148 Å². The van der Waals surface area contributed by atoms with Gasteiger partial charge in [-0.2, -0.15) is 0 Å². The molecule has 1 atom stereocenters. The van der Waals surface area contributed by atoms with Crippen molar-refractivity contribution in [3.8, 4) is 5.75 Å². The highest BCUT2D eigenvalue weighted by Crippen LogP contribution is 2.40. The van der Waals surface area contributed by atoms with Gasteiger partial charge in [0.15, 0.2) is 0 Å². The van der Waals surface area contributed by atoms with Crippen molar-refractivity contribution in [2.75, 3.05) is 10.6 Å². The summed E-state index contributed by atoms with van der Waals surface area (Å²) in [5.41, 5.74) is 7.49. The Bertz CT molecular complexity index is 1130. The number of benzene rings is 2. The summed E-state index contributed by atoms with van der Waals surface area (Å²) in [6.45, 7) is 29.1. The Balaban J connectivity index is 2.02. The van der Waals surface area contributed by atoms with Crippen LogP contribution >= 0.6 is 0 Å². The van der Waals surface area contributed by atoms with Crippen LogP contribution in [0.25, 0.3) is 0 Å². The Morgan fingerprint density at radius 1 is 0.872 bits per heavy atom. The van der Waals surface area contributed by atoms with E-state index in [1.165, 1.54) is 17.6 Å².